The molecule has 0 saturated carbocycles. The average Bonchev–Trinajstić information content (AvgIpc) is 3.31. The Kier molecular flexibility index (Phi) is 49.8. The monoisotopic (exact) mass is 946 g/mol. The fourth-order valence-corrected chi connectivity index (χ4v) is 8.13. The summed E-state index contributed by atoms with van der Waals surface area (Å²) in [6, 6.07) is 0. The van der Waals surface area contributed by atoms with E-state index < -0.39 is 32.5 Å². The molecule has 0 saturated heterocycles. The van der Waals surface area contributed by atoms with Gasteiger partial charge >= 0.3 is 19.8 Å². The van der Waals surface area contributed by atoms with Gasteiger partial charge < -0.3 is 20.1 Å². The number of carbonyl (C=O) groups excluding carboxylic acids is 2. The van der Waals surface area contributed by atoms with E-state index in [0.29, 0.717) is 12.8 Å². The Morgan fingerprint density at radius 3 is 1.24 bits per heavy atom. The highest BCUT2D eigenvalue weighted by Crippen LogP contribution is 2.43. The van der Waals surface area contributed by atoms with E-state index >= 15 is 0 Å². The summed E-state index contributed by atoms with van der Waals surface area (Å²) in [6.45, 7) is 3.61. The van der Waals surface area contributed by atoms with Crippen molar-refractivity contribution in [3.05, 3.63) is 72.9 Å². The first-order valence-corrected chi connectivity index (χ1v) is 28.4. The van der Waals surface area contributed by atoms with Gasteiger partial charge in [-0.2, -0.15) is 0 Å². The summed E-state index contributed by atoms with van der Waals surface area (Å²) in [4.78, 5) is 35.1. The van der Waals surface area contributed by atoms with Crippen LogP contribution in [0.2, 0.25) is 0 Å². The number of phosphoric ester groups is 1. The van der Waals surface area contributed by atoms with Gasteiger partial charge in [0.1, 0.15) is 6.61 Å². The molecule has 2 atom stereocenters. The fraction of sp³-hybridized carbons (Fsp3) is 0.750. The third-order valence-corrected chi connectivity index (χ3v) is 12.3. The third-order valence-electron chi connectivity index (χ3n) is 11.3. The van der Waals surface area contributed by atoms with Crippen LogP contribution in [0.1, 0.15) is 239 Å². The van der Waals surface area contributed by atoms with Crippen LogP contribution in [0.3, 0.4) is 0 Å². The standard InChI is InChI=1S/C56H100NO8P/c1-3-5-7-9-11-13-15-17-19-21-22-23-24-25-26-27-28-29-30-31-32-33-35-37-39-41-43-45-47-49-56(59)65-54(53-64-66(60,61)63-51-50-57)52-62-55(58)48-46-44-42-40-38-36-34-20-18-16-14-12-10-8-6-4-2/h5,7,11,13-14,16-17,19-20,22-23,34,54H,3-4,6,8-10,12,15,18,21,24-33,35-53,57H2,1-2H3,(H,60,61)/b7-5-,13-11-,16-14-,19-17-,23-22-,34-20-. The fourth-order valence-electron chi connectivity index (χ4n) is 7.36. The number of allylic oxidation sites excluding steroid dienone is 12. The molecule has 0 bridgehead atoms. The van der Waals surface area contributed by atoms with Crippen molar-refractivity contribution in [3.8, 4) is 0 Å². The molecule has 2 unspecified atom stereocenters. The first-order valence-electron chi connectivity index (χ1n) is 26.9. The van der Waals surface area contributed by atoms with Crippen molar-refractivity contribution in [2.45, 2.75) is 245 Å². The molecule has 0 radical (unpaired) electrons. The van der Waals surface area contributed by atoms with E-state index in [2.05, 4.69) is 86.8 Å². The van der Waals surface area contributed by atoms with Crippen molar-refractivity contribution in [1.82, 2.24) is 0 Å². The lowest BCUT2D eigenvalue weighted by molar-refractivity contribution is -0.161. The van der Waals surface area contributed by atoms with Crippen LogP contribution in [0.5, 0.6) is 0 Å². The molecule has 9 nitrogen and oxygen atoms in total. The van der Waals surface area contributed by atoms with Crippen molar-refractivity contribution in [1.29, 1.82) is 0 Å². The zero-order valence-corrected chi connectivity index (χ0v) is 43.3. The van der Waals surface area contributed by atoms with Crippen LogP contribution in [-0.2, 0) is 32.7 Å². The van der Waals surface area contributed by atoms with Crippen LogP contribution in [0.15, 0.2) is 72.9 Å². The van der Waals surface area contributed by atoms with Gasteiger partial charge in [0, 0.05) is 19.4 Å². The summed E-state index contributed by atoms with van der Waals surface area (Å²) in [7, 11) is -4.39. The Hall–Kier alpha value is -2.55. The molecular weight excluding hydrogens is 846 g/mol. The smallest absolute Gasteiger partial charge is 0.462 e. The van der Waals surface area contributed by atoms with Gasteiger partial charge in [0.25, 0.3) is 0 Å². The molecule has 0 aromatic carbocycles. The summed E-state index contributed by atoms with van der Waals surface area (Å²) in [5.41, 5.74) is 5.37. The van der Waals surface area contributed by atoms with Crippen LogP contribution in [0.25, 0.3) is 0 Å². The second kappa shape index (κ2) is 51.8. The van der Waals surface area contributed by atoms with Gasteiger partial charge in [0.15, 0.2) is 6.10 Å². The normalized spacial score (nSPS) is 13.7. The van der Waals surface area contributed by atoms with E-state index in [1.807, 2.05) is 0 Å². The van der Waals surface area contributed by atoms with Crippen LogP contribution in [0, 0.1) is 0 Å². The van der Waals surface area contributed by atoms with E-state index in [9.17, 15) is 19.0 Å². The molecule has 66 heavy (non-hydrogen) atoms. The molecule has 382 valence electrons. The molecule has 0 spiro atoms. The van der Waals surface area contributed by atoms with Crippen molar-refractivity contribution in [2.75, 3.05) is 26.4 Å². The van der Waals surface area contributed by atoms with Gasteiger partial charge in [-0.25, -0.2) is 4.57 Å². The van der Waals surface area contributed by atoms with Gasteiger partial charge in [0.05, 0.1) is 13.2 Å². The Morgan fingerprint density at radius 2 is 0.833 bits per heavy atom. The Bertz CT molecular complexity index is 1310. The highest BCUT2D eigenvalue weighted by Gasteiger charge is 2.26. The van der Waals surface area contributed by atoms with Crippen molar-refractivity contribution in [2.24, 2.45) is 5.73 Å². The zero-order valence-electron chi connectivity index (χ0n) is 42.4. The molecule has 10 heteroatoms. The maximum Gasteiger partial charge on any atom is 0.472 e. The van der Waals surface area contributed by atoms with Crippen LogP contribution < -0.4 is 5.73 Å². The summed E-state index contributed by atoms with van der Waals surface area (Å²) >= 11 is 0. The lowest BCUT2D eigenvalue weighted by Gasteiger charge is -2.19. The number of ether oxygens (including phenoxy) is 2. The molecular formula is C56H100NO8P. The minimum absolute atomic E-state index is 0.0496. The van der Waals surface area contributed by atoms with Crippen molar-refractivity contribution >= 4 is 19.8 Å². The molecule has 0 aliphatic rings. The van der Waals surface area contributed by atoms with Gasteiger partial charge in [-0.05, 0) is 83.5 Å². The maximum absolute atomic E-state index is 12.7. The molecule has 0 rings (SSSR count). The number of carbonyl (C=O) groups is 2. The quantitative estimate of drug-likeness (QED) is 0.0264. The predicted octanol–water partition coefficient (Wildman–Crippen LogP) is 16.6. The second-order valence-corrected chi connectivity index (χ2v) is 19.2. The zero-order chi connectivity index (χ0) is 48.1. The lowest BCUT2D eigenvalue weighted by Crippen LogP contribution is -2.29. The number of unbranched alkanes of at least 4 members (excludes halogenated alkanes) is 25. The van der Waals surface area contributed by atoms with E-state index in [-0.39, 0.29) is 32.6 Å². The van der Waals surface area contributed by atoms with Gasteiger partial charge in [-0.3, -0.25) is 18.6 Å². The molecule has 0 aliphatic heterocycles. The van der Waals surface area contributed by atoms with Gasteiger partial charge in [-0.1, -0.05) is 215 Å². The second-order valence-electron chi connectivity index (χ2n) is 17.7. The Labute approximate surface area is 405 Å². The summed E-state index contributed by atoms with van der Waals surface area (Å²) in [5.74, 6) is -0.841. The lowest BCUT2D eigenvalue weighted by atomic mass is 10.0. The topological polar surface area (TPSA) is 134 Å². The van der Waals surface area contributed by atoms with Crippen LogP contribution in [-0.4, -0.2) is 49.3 Å². The Morgan fingerprint density at radius 1 is 0.470 bits per heavy atom. The highest BCUT2D eigenvalue weighted by molar-refractivity contribution is 7.47. The number of hydrogen-bond acceptors (Lipinski definition) is 8. The molecule has 0 heterocycles. The van der Waals surface area contributed by atoms with Crippen LogP contribution >= 0.6 is 7.82 Å². The predicted molar refractivity (Wildman–Crippen MR) is 279 cm³/mol. The van der Waals surface area contributed by atoms with E-state index in [4.69, 9.17) is 24.3 Å². The van der Waals surface area contributed by atoms with E-state index in [0.717, 1.165) is 83.5 Å². The SMILES string of the molecule is CC/C=C\C/C=C\C/C=C\C/C=C\CCCCCCCCCCCCCCCCCCC(=O)OC(COC(=O)CCCCCCC/C=C\C/C=C\CCCCCC)COP(=O)(O)OCCN. The Balaban J connectivity index is 3.97. The summed E-state index contributed by atoms with van der Waals surface area (Å²) in [5, 5.41) is 0. The number of rotatable bonds is 50. The number of esters is 2. The number of hydrogen-bond donors (Lipinski definition) is 2. The number of nitrogens with two attached hydrogens (primary N) is 1. The molecule has 0 aliphatic carbocycles. The van der Waals surface area contributed by atoms with E-state index in [1.54, 1.807) is 0 Å². The van der Waals surface area contributed by atoms with Crippen LogP contribution in [0.4, 0.5) is 0 Å². The largest absolute Gasteiger partial charge is 0.472 e. The molecule has 0 aromatic rings. The highest BCUT2D eigenvalue weighted by atomic mass is 31.2. The molecule has 0 aromatic heterocycles. The number of phosphoric acid groups is 1. The first kappa shape index (κ1) is 63.5. The molecule has 3 N–H and O–H groups in total. The van der Waals surface area contributed by atoms with Crippen molar-refractivity contribution < 1.29 is 37.6 Å². The van der Waals surface area contributed by atoms with Crippen molar-refractivity contribution in [3.63, 3.8) is 0 Å². The maximum atomic E-state index is 12.7. The minimum Gasteiger partial charge on any atom is -0.462 e. The van der Waals surface area contributed by atoms with Gasteiger partial charge in [-0.15, -0.1) is 0 Å². The average molecular weight is 946 g/mol. The first-order chi connectivity index (χ1) is 32.3. The summed E-state index contributed by atoms with van der Waals surface area (Å²) in [6.07, 6.45) is 65.2. The van der Waals surface area contributed by atoms with Gasteiger partial charge in [0.2, 0.25) is 0 Å². The van der Waals surface area contributed by atoms with E-state index in [1.165, 1.54) is 116 Å². The molecule has 0 fully saturated rings. The third kappa shape index (κ3) is 50.9. The minimum atomic E-state index is -4.39. The molecule has 0 amide bonds. The summed E-state index contributed by atoms with van der Waals surface area (Å²) < 4.78 is 32.9.